The summed E-state index contributed by atoms with van der Waals surface area (Å²) in [5, 5.41) is 0. The van der Waals surface area contributed by atoms with Crippen molar-refractivity contribution in [3.63, 3.8) is 0 Å². The summed E-state index contributed by atoms with van der Waals surface area (Å²) in [4.78, 5) is 0. The summed E-state index contributed by atoms with van der Waals surface area (Å²) in [6, 6.07) is 0. The van der Waals surface area contributed by atoms with Gasteiger partial charge in [-0.3, -0.25) is 0 Å². The Labute approximate surface area is 104 Å². The molecule has 9 heavy (non-hydrogen) atoms. The zero-order chi connectivity index (χ0) is 0. The van der Waals surface area contributed by atoms with Crippen molar-refractivity contribution < 1.29 is 92.0 Å². The molecule has 0 saturated heterocycles. The second-order valence-corrected chi connectivity index (χ2v) is 0. The van der Waals surface area contributed by atoms with Crippen LogP contribution in [0.3, 0.4) is 0 Å². The molecule has 0 fully saturated rings. The predicted octanol–water partition coefficient (Wildman–Crippen LogP) is -11.2. The Morgan fingerprint density at radius 3 is 0.333 bits per heavy atom. The third-order valence-electron chi connectivity index (χ3n) is 0. The van der Waals surface area contributed by atoms with Gasteiger partial charge in [-0.1, -0.05) is 0 Å². The second-order valence-electron chi connectivity index (χ2n) is 0. The Morgan fingerprint density at radius 1 is 0.333 bits per heavy atom. The fourth-order valence-electron chi connectivity index (χ4n) is 0. The van der Waals surface area contributed by atoms with E-state index in [4.69, 9.17) is 0 Å². The van der Waals surface area contributed by atoms with Gasteiger partial charge in [0, 0.05) is 0 Å². The molecule has 0 spiro atoms. The molecule has 0 bridgehead atoms. The monoisotopic (exact) mass is 187 g/mol. The summed E-state index contributed by atoms with van der Waals surface area (Å²) in [5.41, 5.74) is 0. The fourth-order valence-corrected chi connectivity index (χ4v) is 0. The molecule has 56 valence electrons. The number of thiol groups is 1. The predicted molar refractivity (Wildman–Crippen MR) is 30.4 cm³/mol. The van der Waals surface area contributed by atoms with Gasteiger partial charge in [-0.15, -0.1) is 0 Å². The van der Waals surface area contributed by atoms with Crippen molar-refractivity contribution in [2.24, 2.45) is 0 Å². The first-order chi connectivity index (χ1) is 0. The molecule has 0 aliphatic carbocycles. The molecule has 0 heterocycles. The van der Waals surface area contributed by atoms with Crippen LogP contribution in [-0.2, 0) is 13.5 Å². The first kappa shape index (κ1) is 255. The third kappa shape index (κ3) is 149. The van der Waals surface area contributed by atoms with Crippen molar-refractivity contribution in [2.75, 3.05) is 0 Å². The summed E-state index contributed by atoms with van der Waals surface area (Å²) >= 11 is 0. The largest absolute Gasteiger partial charge is 1.00 e. The van der Waals surface area contributed by atoms with E-state index in [1.165, 1.54) is 0 Å². The molecule has 0 unspecified atom stereocenters. The fraction of sp³-hybridized carbons (Fsp3) is 0. The van der Waals surface area contributed by atoms with Crippen LogP contribution < -0.4 is 59.1 Å². The van der Waals surface area contributed by atoms with E-state index in [-0.39, 0.29) is 105 Å². The van der Waals surface area contributed by atoms with Crippen LogP contribution in [0.4, 0.5) is 0 Å². The average Bonchev–Trinajstić information content (AvgIpc) is 0. The zero-order valence-electron chi connectivity index (χ0n) is 5.45. The van der Waals surface area contributed by atoms with Gasteiger partial charge in [0.1, 0.15) is 0 Å². The molecule has 0 aliphatic rings. The van der Waals surface area contributed by atoms with E-state index in [1.54, 1.807) is 0 Å². The van der Waals surface area contributed by atoms with Crippen LogP contribution >= 0.6 is 0 Å². The maximum Gasteiger partial charge on any atom is 1.00 e. The second kappa shape index (κ2) is 188. The number of rotatable bonds is 0. The molecule has 0 atom stereocenters. The summed E-state index contributed by atoms with van der Waals surface area (Å²) in [6.45, 7) is 0. The Hall–Kier alpha value is 2.11. The van der Waals surface area contributed by atoms with Gasteiger partial charge in [0.25, 0.3) is 0 Å². The SMILES string of the molecule is O.O.O.O.O.O.[Na+].[Na+].[SH-]. The van der Waals surface area contributed by atoms with Crippen molar-refractivity contribution in [2.45, 2.75) is 0 Å². The van der Waals surface area contributed by atoms with Crippen LogP contribution in [0.5, 0.6) is 0 Å². The standard InChI is InChI=1S/2Na.6H2O.H2S/h;;7*1H2/q2*+1;;;;;;;/p-1. The smallest absolute Gasteiger partial charge is 0.813 e. The average molecular weight is 187 g/mol. The van der Waals surface area contributed by atoms with Gasteiger partial charge in [-0.2, -0.15) is 0 Å². The van der Waals surface area contributed by atoms with Crippen molar-refractivity contribution in [1.82, 2.24) is 0 Å². The molecule has 12 N–H and O–H groups in total. The van der Waals surface area contributed by atoms with E-state index in [2.05, 4.69) is 0 Å². The molecular formula is H13Na2O6S+. The van der Waals surface area contributed by atoms with E-state index in [1.807, 2.05) is 0 Å². The van der Waals surface area contributed by atoms with Crippen LogP contribution in [0.1, 0.15) is 0 Å². The van der Waals surface area contributed by atoms with Crippen LogP contribution in [0.2, 0.25) is 0 Å². The molecule has 0 rings (SSSR count). The summed E-state index contributed by atoms with van der Waals surface area (Å²) in [6.07, 6.45) is 0. The number of hydrogen-bond acceptors (Lipinski definition) is 1. The van der Waals surface area contributed by atoms with Gasteiger partial charge in [0.05, 0.1) is 0 Å². The molecule has 0 aromatic rings. The van der Waals surface area contributed by atoms with Gasteiger partial charge in [0.15, 0.2) is 0 Å². The minimum atomic E-state index is 0. The van der Waals surface area contributed by atoms with E-state index < -0.39 is 0 Å². The summed E-state index contributed by atoms with van der Waals surface area (Å²) in [7, 11) is 0. The molecule has 0 saturated carbocycles. The van der Waals surface area contributed by atoms with Crippen molar-refractivity contribution in [1.29, 1.82) is 0 Å². The van der Waals surface area contributed by atoms with E-state index in [9.17, 15) is 0 Å². The summed E-state index contributed by atoms with van der Waals surface area (Å²) < 4.78 is 0. The van der Waals surface area contributed by atoms with Crippen molar-refractivity contribution in [3.8, 4) is 0 Å². The van der Waals surface area contributed by atoms with E-state index >= 15 is 0 Å². The molecule has 0 aromatic heterocycles. The van der Waals surface area contributed by atoms with Gasteiger partial charge >= 0.3 is 59.1 Å². The van der Waals surface area contributed by atoms with E-state index in [0.717, 1.165) is 0 Å². The van der Waals surface area contributed by atoms with Crippen molar-refractivity contribution >= 4 is 13.5 Å². The normalized spacial score (nSPS) is 0. The van der Waals surface area contributed by atoms with Gasteiger partial charge in [-0.25, -0.2) is 0 Å². The van der Waals surface area contributed by atoms with Crippen LogP contribution in [0.15, 0.2) is 0 Å². The zero-order valence-corrected chi connectivity index (χ0v) is 10.3. The maximum absolute atomic E-state index is 0. The van der Waals surface area contributed by atoms with E-state index in [0.29, 0.717) is 0 Å². The first-order valence-electron chi connectivity index (χ1n) is 0. The van der Waals surface area contributed by atoms with Crippen LogP contribution in [0, 0.1) is 0 Å². The van der Waals surface area contributed by atoms with Gasteiger partial charge in [-0.05, 0) is 0 Å². The minimum Gasteiger partial charge on any atom is -0.813 e. The van der Waals surface area contributed by atoms with Gasteiger partial charge in [0.2, 0.25) is 0 Å². The van der Waals surface area contributed by atoms with Gasteiger partial charge < -0.3 is 46.4 Å². The molecule has 0 radical (unpaired) electrons. The van der Waals surface area contributed by atoms with Crippen molar-refractivity contribution in [3.05, 3.63) is 0 Å². The van der Waals surface area contributed by atoms with Crippen LogP contribution in [0.25, 0.3) is 0 Å². The number of hydrogen-bond donors (Lipinski definition) is 0. The Morgan fingerprint density at radius 2 is 0.333 bits per heavy atom. The Balaban J connectivity index is 0. The Bertz CT molecular complexity index is 11.0. The summed E-state index contributed by atoms with van der Waals surface area (Å²) in [5.74, 6) is 0. The van der Waals surface area contributed by atoms with Crippen LogP contribution in [-0.4, -0.2) is 32.9 Å². The molecular weight excluding hydrogens is 174 g/mol. The Kier molecular flexibility index (Phi) is 5340. The first-order valence-corrected chi connectivity index (χ1v) is 0. The minimum absolute atomic E-state index is 0. The molecule has 9 heteroatoms. The third-order valence-corrected chi connectivity index (χ3v) is 0. The topological polar surface area (TPSA) is 189 Å². The molecule has 0 aliphatic heterocycles. The maximum atomic E-state index is 0. The molecule has 0 aromatic carbocycles. The molecule has 0 amide bonds. The quantitative estimate of drug-likeness (QED) is 0.203. The molecule has 6 nitrogen and oxygen atoms in total.